The van der Waals surface area contributed by atoms with Gasteiger partial charge in [0.2, 0.25) is 5.91 Å². The number of hydrogen-bond donors (Lipinski definition) is 1. The summed E-state index contributed by atoms with van der Waals surface area (Å²) < 4.78 is 16.7. The Morgan fingerprint density at radius 3 is 2.78 bits per heavy atom. The van der Waals surface area contributed by atoms with Crippen molar-refractivity contribution in [3.8, 4) is 0 Å². The number of amides is 1. The van der Waals surface area contributed by atoms with Crippen molar-refractivity contribution in [1.82, 2.24) is 10.2 Å². The normalized spacial score (nSPS) is 29.7. The molecular formula is C12H22N2O3S. The monoisotopic (exact) mass is 274 g/mol. The van der Waals surface area contributed by atoms with E-state index < -0.39 is 10.8 Å². The summed E-state index contributed by atoms with van der Waals surface area (Å²) in [5, 5.41) is 3.38. The van der Waals surface area contributed by atoms with Gasteiger partial charge in [0.25, 0.3) is 0 Å². The minimum Gasteiger partial charge on any atom is -0.379 e. The van der Waals surface area contributed by atoms with Crippen LogP contribution in [0.15, 0.2) is 0 Å². The zero-order chi connectivity index (χ0) is 13.0. The van der Waals surface area contributed by atoms with Gasteiger partial charge in [0, 0.05) is 41.4 Å². The van der Waals surface area contributed by atoms with Crippen LogP contribution in [0, 0.1) is 5.92 Å². The standard InChI is InChI=1S/C12H22N2O3S/c1-2-3-13-11-9-17-8-10(11)12(15)14-4-6-18(16)7-5-14/h10-11,13H,2-9H2,1H3. The zero-order valence-electron chi connectivity index (χ0n) is 10.9. The number of rotatable bonds is 4. The maximum atomic E-state index is 12.4. The Kier molecular flexibility index (Phi) is 5.14. The first-order chi connectivity index (χ1) is 8.72. The SMILES string of the molecule is CCCNC1COCC1C(=O)N1CCS(=O)CC1. The summed E-state index contributed by atoms with van der Waals surface area (Å²) in [4.78, 5) is 14.2. The van der Waals surface area contributed by atoms with Gasteiger partial charge in [-0.15, -0.1) is 0 Å². The van der Waals surface area contributed by atoms with Gasteiger partial charge in [-0.3, -0.25) is 9.00 Å². The highest BCUT2D eigenvalue weighted by Crippen LogP contribution is 2.18. The van der Waals surface area contributed by atoms with Gasteiger partial charge in [0.1, 0.15) is 0 Å². The number of ether oxygens (including phenoxy) is 1. The second-order valence-corrected chi connectivity index (χ2v) is 6.57. The topological polar surface area (TPSA) is 58.6 Å². The van der Waals surface area contributed by atoms with Crippen LogP contribution in [-0.4, -0.2) is 65.4 Å². The molecule has 18 heavy (non-hydrogen) atoms. The minimum absolute atomic E-state index is 0.0666. The minimum atomic E-state index is -0.733. The van der Waals surface area contributed by atoms with Crippen LogP contribution < -0.4 is 5.32 Å². The molecule has 104 valence electrons. The van der Waals surface area contributed by atoms with Gasteiger partial charge in [-0.1, -0.05) is 6.92 Å². The number of nitrogens with one attached hydrogen (secondary N) is 1. The van der Waals surface area contributed by atoms with Gasteiger partial charge < -0.3 is 15.0 Å². The molecule has 0 aliphatic carbocycles. The van der Waals surface area contributed by atoms with E-state index in [2.05, 4.69) is 12.2 Å². The molecule has 5 nitrogen and oxygen atoms in total. The molecule has 2 heterocycles. The van der Waals surface area contributed by atoms with Crippen LogP contribution in [0.4, 0.5) is 0 Å². The third-order valence-electron chi connectivity index (χ3n) is 3.54. The average molecular weight is 274 g/mol. The first kappa shape index (κ1) is 14.0. The lowest BCUT2D eigenvalue weighted by Gasteiger charge is -2.30. The Labute approximate surface area is 111 Å². The predicted octanol–water partition coefficient (Wildman–Crippen LogP) is -0.408. The quantitative estimate of drug-likeness (QED) is 0.757. The van der Waals surface area contributed by atoms with E-state index in [-0.39, 0.29) is 17.9 Å². The molecule has 0 aromatic carbocycles. The Morgan fingerprint density at radius 2 is 2.11 bits per heavy atom. The van der Waals surface area contributed by atoms with Crippen LogP contribution in [-0.2, 0) is 20.3 Å². The molecule has 0 saturated carbocycles. The molecule has 2 saturated heterocycles. The lowest BCUT2D eigenvalue weighted by atomic mass is 10.0. The van der Waals surface area contributed by atoms with E-state index in [4.69, 9.17) is 4.74 Å². The first-order valence-corrected chi connectivity index (χ1v) is 8.16. The predicted molar refractivity (Wildman–Crippen MR) is 70.8 cm³/mol. The molecule has 2 aliphatic heterocycles. The summed E-state index contributed by atoms with van der Waals surface area (Å²) in [6.45, 7) is 5.42. The highest BCUT2D eigenvalue weighted by Gasteiger charge is 2.36. The Bertz CT molecular complexity index is 314. The first-order valence-electron chi connectivity index (χ1n) is 6.67. The molecule has 2 unspecified atom stereocenters. The highest BCUT2D eigenvalue weighted by molar-refractivity contribution is 7.85. The Hall–Kier alpha value is -0.460. The van der Waals surface area contributed by atoms with Crippen LogP contribution in [0.2, 0.25) is 0 Å². The molecule has 2 atom stereocenters. The highest BCUT2D eigenvalue weighted by atomic mass is 32.2. The van der Waals surface area contributed by atoms with Gasteiger partial charge in [-0.05, 0) is 13.0 Å². The summed E-state index contributed by atoms with van der Waals surface area (Å²) >= 11 is 0. The maximum Gasteiger partial charge on any atom is 0.229 e. The fraction of sp³-hybridized carbons (Fsp3) is 0.917. The van der Waals surface area contributed by atoms with Crippen LogP contribution in [0.3, 0.4) is 0 Å². The molecule has 1 N–H and O–H groups in total. The largest absolute Gasteiger partial charge is 0.379 e. The van der Waals surface area contributed by atoms with E-state index in [1.54, 1.807) is 0 Å². The average Bonchev–Trinajstić information content (AvgIpc) is 2.84. The summed E-state index contributed by atoms with van der Waals surface area (Å²) in [5.41, 5.74) is 0. The van der Waals surface area contributed by atoms with Gasteiger partial charge in [-0.25, -0.2) is 0 Å². The number of carbonyl (C=O) groups excluding carboxylic acids is 1. The molecule has 6 heteroatoms. The molecule has 0 spiro atoms. The van der Waals surface area contributed by atoms with E-state index in [1.165, 1.54) is 0 Å². The third kappa shape index (κ3) is 3.30. The van der Waals surface area contributed by atoms with E-state index >= 15 is 0 Å². The van der Waals surface area contributed by atoms with Gasteiger partial charge in [-0.2, -0.15) is 0 Å². The van der Waals surface area contributed by atoms with E-state index in [1.807, 2.05) is 4.90 Å². The van der Waals surface area contributed by atoms with Crippen molar-refractivity contribution in [3.05, 3.63) is 0 Å². The summed E-state index contributed by atoms with van der Waals surface area (Å²) in [6, 6.07) is 0.143. The molecule has 0 aromatic rings. The van der Waals surface area contributed by atoms with Crippen molar-refractivity contribution in [2.45, 2.75) is 19.4 Å². The molecular weight excluding hydrogens is 252 g/mol. The van der Waals surface area contributed by atoms with E-state index in [0.717, 1.165) is 13.0 Å². The van der Waals surface area contributed by atoms with Gasteiger partial charge in [0.15, 0.2) is 0 Å². The van der Waals surface area contributed by atoms with E-state index in [9.17, 15) is 9.00 Å². The molecule has 1 amide bonds. The fourth-order valence-corrected chi connectivity index (χ4v) is 3.47. The van der Waals surface area contributed by atoms with Crippen LogP contribution in [0.1, 0.15) is 13.3 Å². The molecule has 2 aliphatic rings. The van der Waals surface area contributed by atoms with Crippen molar-refractivity contribution in [3.63, 3.8) is 0 Å². The number of hydrogen-bond acceptors (Lipinski definition) is 4. The van der Waals surface area contributed by atoms with Crippen LogP contribution in [0.25, 0.3) is 0 Å². The van der Waals surface area contributed by atoms with Crippen LogP contribution >= 0.6 is 0 Å². The molecule has 2 rings (SSSR count). The second-order valence-electron chi connectivity index (χ2n) is 4.88. The lowest BCUT2D eigenvalue weighted by Crippen LogP contribution is -2.49. The van der Waals surface area contributed by atoms with Gasteiger partial charge >= 0.3 is 0 Å². The lowest BCUT2D eigenvalue weighted by molar-refractivity contribution is -0.135. The number of carbonyl (C=O) groups is 1. The fourth-order valence-electron chi connectivity index (χ4n) is 2.42. The van der Waals surface area contributed by atoms with Crippen molar-refractivity contribution >= 4 is 16.7 Å². The Morgan fingerprint density at radius 1 is 1.39 bits per heavy atom. The van der Waals surface area contributed by atoms with Crippen molar-refractivity contribution < 1.29 is 13.7 Å². The summed E-state index contributed by atoms with van der Waals surface area (Å²) in [6.07, 6.45) is 1.06. The Balaban J connectivity index is 1.89. The summed E-state index contributed by atoms with van der Waals surface area (Å²) in [5.74, 6) is 1.33. The van der Waals surface area contributed by atoms with Gasteiger partial charge in [0.05, 0.1) is 19.1 Å². The number of nitrogens with zero attached hydrogens (tertiary/aromatic N) is 1. The third-order valence-corrected chi connectivity index (χ3v) is 4.82. The molecule has 0 aromatic heterocycles. The zero-order valence-corrected chi connectivity index (χ0v) is 11.7. The molecule has 2 fully saturated rings. The van der Waals surface area contributed by atoms with Crippen molar-refractivity contribution in [2.75, 3.05) is 44.4 Å². The smallest absolute Gasteiger partial charge is 0.229 e. The van der Waals surface area contributed by atoms with E-state index in [0.29, 0.717) is 37.8 Å². The molecule has 0 radical (unpaired) electrons. The van der Waals surface area contributed by atoms with Crippen molar-refractivity contribution in [2.24, 2.45) is 5.92 Å². The van der Waals surface area contributed by atoms with Crippen LogP contribution in [0.5, 0.6) is 0 Å². The maximum absolute atomic E-state index is 12.4. The second kappa shape index (κ2) is 6.63. The summed E-state index contributed by atoms with van der Waals surface area (Å²) in [7, 11) is -0.733. The molecule has 0 bridgehead atoms. The van der Waals surface area contributed by atoms with Crippen molar-refractivity contribution in [1.29, 1.82) is 0 Å².